The summed E-state index contributed by atoms with van der Waals surface area (Å²) >= 11 is 0. The van der Waals surface area contributed by atoms with Gasteiger partial charge in [0.1, 0.15) is 0 Å². The predicted octanol–water partition coefficient (Wildman–Crippen LogP) is 4.67. The van der Waals surface area contributed by atoms with Crippen molar-refractivity contribution in [2.24, 2.45) is 0 Å². The van der Waals surface area contributed by atoms with E-state index >= 15 is 0 Å². The number of benzene rings is 2. The summed E-state index contributed by atoms with van der Waals surface area (Å²) in [6.45, 7) is 5.82. The highest BCUT2D eigenvalue weighted by Gasteiger charge is 2.35. The average molecular weight is 389 g/mol. The number of carbonyl (C=O) groups excluding carboxylic acids is 1. The lowest BCUT2D eigenvalue weighted by Gasteiger charge is -2.20. The molecule has 0 aliphatic carbocycles. The van der Waals surface area contributed by atoms with Gasteiger partial charge in [-0.05, 0) is 56.7 Å². The Hall–Kier alpha value is -2.14. The number of hydrogen-bond acceptors (Lipinski definition) is 4. The predicted molar refractivity (Wildman–Crippen MR) is 107 cm³/mol. The van der Waals surface area contributed by atoms with Crippen LogP contribution in [0.1, 0.15) is 50.2 Å². The summed E-state index contributed by atoms with van der Waals surface area (Å²) in [6.07, 6.45) is 1.72. The van der Waals surface area contributed by atoms with E-state index in [9.17, 15) is 13.2 Å². The van der Waals surface area contributed by atoms with E-state index in [1.807, 2.05) is 37.3 Å². The van der Waals surface area contributed by atoms with Gasteiger partial charge in [0.25, 0.3) is 0 Å². The Labute approximate surface area is 162 Å². The number of hydrogen-bond donors (Lipinski definition) is 0. The van der Waals surface area contributed by atoms with Crippen molar-refractivity contribution in [3.8, 4) is 0 Å². The molecule has 2 aromatic carbocycles. The van der Waals surface area contributed by atoms with Gasteiger partial charge in [0.05, 0.1) is 11.5 Å². The Bertz CT molecular complexity index is 826. The summed E-state index contributed by atoms with van der Waals surface area (Å²) in [5.41, 5.74) is 2.13. The third-order valence-electron chi connectivity index (χ3n) is 4.81. The number of carbonyl (C=O) groups is 1. The first-order valence-electron chi connectivity index (χ1n) is 9.42. The van der Waals surface area contributed by atoms with E-state index in [4.69, 9.17) is 4.74 Å². The molecule has 0 aliphatic rings. The largest absolute Gasteiger partial charge is 0.465 e. The second-order valence-corrected chi connectivity index (χ2v) is 8.82. The van der Waals surface area contributed by atoms with Crippen LogP contribution in [-0.2, 0) is 19.4 Å². The molecule has 2 aromatic rings. The van der Waals surface area contributed by atoms with E-state index in [1.165, 1.54) is 0 Å². The molecule has 0 aromatic heterocycles. The number of rotatable bonds is 9. The van der Waals surface area contributed by atoms with E-state index < -0.39 is 21.1 Å². The van der Waals surface area contributed by atoms with E-state index in [-0.39, 0.29) is 23.8 Å². The molecule has 0 spiro atoms. The highest BCUT2D eigenvalue weighted by Crippen LogP contribution is 2.29. The van der Waals surface area contributed by atoms with Crippen molar-refractivity contribution in [1.29, 1.82) is 0 Å². The smallest absolute Gasteiger partial charge is 0.324 e. The van der Waals surface area contributed by atoms with Gasteiger partial charge < -0.3 is 4.74 Å². The van der Waals surface area contributed by atoms with Gasteiger partial charge in [0, 0.05) is 0 Å². The maximum absolute atomic E-state index is 13.1. The molecule has 146 valence electrons. The highest BCUT2D eigenvalue weighted by atomic mass is 32.2. The third kappa shape index (κ3) is 5.42. The first-order valence-corrected chi connectivity index (χ1v) is 11.0. The Balaban J connectivity index is 2.26. The topological polar surface area (TPSA) is 60.4 Å². The van der Waals surface area contributed by atoms with Crippen molar-refractivity contribution >= 4 is 15.8 Å². The Morgan fingerprint density at radius 2 is 1.59 bits per heavy atom. The van der Waals surface area contributed by atoms with E-state index in [1.54, 1.807) is 31.2 Å². The van der Waals surface area contributed by atoms with Gasteiger partial charge in [-0.2, -0.15) is 0 Å². The minimum absolute atomic E-state index is 0.161. The van der Waals surface area contributed by atoms with Crippen molar-refractivity contribution in [2.45, 2.75) is 56.1 Å². The Morgan fingerprint density at radius 3 is 2.15 bits per heavy atom. The van der Waals surface area contributed by atoms with Crippen LogP contribution in [0, 0.1) is 6.92 Å². The van der Waals surface area contributed by atoms with Crippen molar-refractivity contribution < 1.29 is 17.9 Å². The van der Waals surface area contributed by atoms with Crippen molar-refractivity contribution in [3.05, 3.63) is 65.7 Å². The normalized spacial score (nSPS) is 13.7. The SMILES string of the molecule is CCOC(=O)C(CCC(CC)c1ccccc1)S(=O)(=O)c1ccc(C)cc1. The van der Waals surface area contributed by atoms with Crippen LogP contribution in [0.25, 0.3) is 0 Å². The summed E-state index contributed by atoms with van der Waals surface area (Å²) in [7, 11) is -3.80. The van der Waals surface area contributed by atoms with E-state index in [2.05, 4.69) is 6.92 Å². The molecule has 27 heavy (non-hydrogen) atoms. The zero-order valence-electron chi connectivity index (χ0n) is 16.2. The van der Waals surface area contributed by atoms with Crippen LogP contribution in [0.15, 0.2) is 59.5 Å². The van der Waals surface area contributed by atoms with Crippen LogP contribution in [0.4, 0.5) is 0 Å². The van der Waals surface area contributed by atoms with Crippen LogP contribution in [0.5, 0.6) is 0 Å². The molecule has 2 unspecified atom stereocenters. The zero-order valence-corrected chi connectivity index (χ0v) is 17.0. The molecule has 4 nitrogen and oxygen atoms in total. The second-order valence-electron chi connectivity index (χ2n) is 6.69. The quantitative estimate of drug-likeness (QED) is 0.586. The lowest BCUT2D eigenvalue weighted by Crippen LogP contribution is -2.32. The first kappa shape index (κ1) is 21.2. The summed E-state index contributed by atoms with van der Waals surface area (Å²) in [5.74, 6) is -0.461. The maximum atomic E-state index is 13.1. The monoisotopic (exact) mass is 388 g/mol. The van der Waals surface area contributed by atoms with Crippen molar-refractivity contribution in [3.63, 3.8) is 0 Å². The van der Waals surface area contributed by atoms with Crippen molar-refractivity contribution in [1.82, 2.24) is 0 Å². The molecule has 0 heterocycles. The molecule has 5 heteroatoms. The molecule has 0 fully saturated rings. The van der Waals surface area contributed by atoms with Gasteiger partial charge in [-0.1, -0.05) is 55.0 Å². The highest BCUT2D eigenvalue weighted by molar-refractivity contribution is 7.92. The fourth-order valence-electron chi connectivity index (χ4n) is 3.21. The fourth-order valence-corrected chi connectivity index (χ4v) is 4.82. The summed E-state index contributed by atoms with van der Waals surface area (Å²) in [6, 6.07) is 16.6. The number of esters is 1. The Morgan fingerprint density at radius 1 is 0.963 bits per heavy atom. The average Bonchev–Trinajstić information content (AvgIpc) is 2.66. The molecule has 0 saturated carbocycles. The molecule has 0 aliphatic heterocycles. The minimum Gasteiger partial charge on any atom is -0.465 e. The summed E-state index contributed by atoms with van der Waals surface area (Å²) in [5, 5.41) is -1.18. The number of ether oxygens (including phenoxy) is 1. The number of aryl methyl sites for hydroxylation is 1. The van der Waals surface area contributed by atoms with Gasteiger partial charge >= 0.3 is 5.97 Å². The van der Waals surface area contributed by atoms with Gasteiger partial charge in [0.2, 0.25) is 0 Å². The Kier molecular flexibility index (Phi) is 7.60. The zero-order chi connectivity index (χ0) is 19.9. The number of sulfone groups is 1. The summed E-state index contributed by atoms with van der Waals surface area (Å²) < 4.78 is 31.3. The van der Waals surface area contributed by atoms with Gasteiger partial charge in [-0.15, -0.1) is 0 Å². The lowest BCUT2D eigenvalue weighted by molar-refractivity contribution is -0.142. The van der Waals surface area contributed by atoms with Gasteiger partial charge in [-0.25, -0.2) is 8.42 Å². The van der Waals surface area contributed by atoms with Crippen LogP contribution >= 0.6 is 0 Å². The van der Waals surface area contributed by atoms with E-state index in [0.717, 1.165) is 17.5 Å². The van der Waals surface area contributed by atoms with Crippen molar-refractivity contribution in [2.75, 3.05) is 6.61 Å². The molecule has 0 radical (unpaired) electrons. The minimum atomic E-state index is -3.80. The first-order chi connectivity index (χ1) is 12.9. The third-order valence-corrected chi connectivity index (χ3v) is 6.92. The molecule has 0 saturated heterocycles. The van der Waals surface area contributed by atoms with Crippen LogP contribution in [0.2, 0.25) is 0 Å². The molecule has 0 N–H and O–H groups in total. The molecular formula is C22H28O4S. The molecule has 2 rings (SSSR count). The van der Waals surface area contributed by atoms with Crippen LogP contribution < -0.4 is 0 Å². The fraction of sp³-hybridized carbons (Fsp3) is 0.409. The van der Waals surface area contributed by atoms with Crippen LogP contribution in [-0.4, -0.2) is 26.2 Å². The van der Waals surface area contributed by atoms with Gasteiger partial charge in [0.15, 0.2) is 15.1 Å². The molecular weight excluding hydrogens is 360 g/mol. The van der Waals surface area contributed by atoms with Gasteiger partial charge in [-0.3, -0.25) is 4.79 Å². The maximum Gasteiger partial charge on any atom is 0.324 e. The lowest BCUT2D eigenvalue weighted by atomic mass is 9.91. The second kappa shape index (κ2) is 9.70. The molecule has 2 atom stereocenters. The standard InChI is InChI=1S/C22H28O4S/c1-4-18(19-9-7-6-8-10-19)13-16-21(22(23)26-5-2)27(24,25)20-14-11-17(3)12-15-20/h6-12,14-15,18,21H,4-5,13,16H2,1-3H3. The molecule has 0 amide bonds. The van der Waals surface area contributed by atoms with Crippen LogP contribution in [0.3, 0.4) is 0 Å². The summed E-state index contributed by atoms with van der Waals surface area (Å²) in [4.78, 5) is 12.6. The van der Waals surface area contributed by atoms with E-state index in [0.29, 0.717) is 6.42 Å². The molecule has 0 bridgehead atoms.